The zero-order valence-corrected chi connectivity index (χ0v) is 15.7. The third kappa shape index (κ3) is 3.76. The Bertz CT molecular complexity index is 710. The second-order valence-electron chi connectivity index (χ2n) is 5.93. The summed E-state index contributed by atoms with van der Waals surface area (Å²) in [5.74, 6) is 1.81. The maximum atomic E-state index is 5.93. The molecule has 1 aliphatic heterocycles. The molecule has 3 rings (SSSR count). The summed E-state index contributed by atoms with van der Waals surface area (Å²) in [4.78, 5) is 6.19. The SMILES string of the molecule is COc1cc2c(cc1OC(C)C)C(Cc1cccs1)=NC(P)C2. The lowest BCUT2D eigenvalue weighted by Crippen LogP contribution is -2.19. The van der Waals surface area contributed by atoms with E-state index in [4.69, 9.17) is 14.5 Å². The lowest BCUT2D eigenvalue weighted by molar-refractivity contribution is 0.230. The van der Waals surface area contributed by atoms with Crippen LogP contribution >= 0.6 is 20.6 Å². The maximum absolute atomic E-state index is 5.93. The van der Waals surface area contributed by atoms with E-state index in [1.165, 1.54) is 16.0 Å². The summed E-state index contributed by atoms with van der Waals surface area (Å²) in [7, 11) is 4.52. The van der Waals surface area contributed by atoms with Crippen molar-refractivity contribution >= 4 is 26.3 Å². The molecule has 0 bridgehead atoms. The summed E-state index contributed by atoms with van der Waals surface area (Å²) < 4.78 is 11.4. The summed E-state index contributed by atoms with van der Waals surface area (Å²) in [5.41, 5.74) is 3.60. The van der Waals surface area contributed by atoms with Gasteiger partial charge in [0.1, 0.15) is 0 Å². The molecular formula is C18H22NO2PS. The fourth-order valence-corrected chi connectivity index (χ4v) is 3.95. The van der Waals surface area contributed by atoms with Crippen LogP contribution in [0.25, 0.3) is 0 Å². The molecule has 122 valence electrons. The molecule has 2 heterocycles. The number of methoxy groups -OCH3 is 1. The van der Waals surface area contributed by atoms with Gasteiger partial charge in [-0.15, -0.1) is 20.6 Å². The lowest BCUT2D eigenvalue weighted by atomic mass is 9.94. The number of hydrogen-bond donors (Lipinski definition) is 0. The lowest BCUT2D eigenvalue weighted by Gasteiger charge is -2.24. The smallest absolute Gasteiger partial charge is 0.162 e. The Morgan fingerprint density at radius 2 is 2.17 bits per heavy atom. The number of aliphatic imine (C=N–C) groups is 1. The van der Waals surface area contributed by atoms with E-state index in [-0.39, 0.29) is 11.9 Å². The Labute approximate surface area is 143 Å². The van der Waals surface area contributed by atoms with Crippen LogP contribution in [0.4, 0.5) is 0 Å². The molecule has 0 radical (unpaired) electrons. The normalized spacial score (nSPS) is 16.9. The molecule has 1 aliphatic rings. The minimum atomic E-state index is 0.109. The number of nitrogens with zero attached hydrogens (tertiary/aromatic N) is 1. The number of fused-ring (bicyclic) bond motifs is 1. The van der Waals surface area contributed by atoms with Crippen LogP contribution in [-0.4, -0.2) is 24.7 Å². The molecule has 0 aliphatic carbocycles. The average Bonchev–Trinajstić information content (AvgIpc) is 2.99. The van der Waals surface area contributed by atoms with Crippen molar-refractivity contribution < 1.29 is 9.47 Å². The van der Waals surface area contributed by atoms with Gasteiger partial charge in [0.2, 0.25) is 0 Å². The van der Waals surface area contributed by atoms with Gasteiger partial charge < -0.3 is 9.47 Å². The fourth-order valence-electron chi connectivity index (χ4n) is 2.80. The van der Waals surface area contributed by atoms with E-state index in [9.17, 15) is 0 Å². The molecule has 3 nitrogen and oxygen atoms in total. The molecule has 1 aromatic carbocycles. The van der Waals surface area contributed by atoms with Gasteiger partial charge in [0.15, 0.2) is 11.5 Å². The van der Waals surface area contributed by atoms with Gasteiger partial charge >= 0.3 is 0 Å². The molecule has 0 saturated heterocycles. The molecule has 1 aromatic heterocycles. The maximum Gasteiger partial charge on any atom is 0.162 e. The van der Waals surface area contributed by atoms with Gasteiger partial charge in [-0.3, -0.25) is 4.99 Å². The highest BCUT2D eigenvalue weighted by molar-refractivity contribution is 7.17. The van der Waals surface area contributed by atoms with Crippen molar-refractivity contribution in [2.75, 3.05) is 7.11 Å². The van der Waals surface area contributed by atoms with Crippen LogP contribution in [0.5, 0.6) is 11.5 Å². The van der Waals surface area contributed by atoms with E-state index in [1.54, 1.807) is 18.4 Å². The standard InChI is InChI=1S/C18H22NO2PS/c1-11(2)21-17-10-14-12(7-16(17)20-3)8-18(22)19-15(14)9-13-5-4-6-23-13/h4-7,10-11,18H,8-9,22H2,1-3H3. The molecule has 2 unspecified atom stereocenters. The quantitative estimate of drug-likeness (QED) is 0.754. The monoisotopic (exact) mass is 347 g/mol. The number of hydrogen-bond acceptors (Lipinski definition) is 4. The first kappa shape index (κ1) is 16.5. The van der Waals surface area contributed by atoms with E-state index in [0.717, 1.165) is 30.1 Å². The second-order valence-corrected chi connectivity index (χ2v) is 7.73. The molecule has 2 aromatic rings. The minimum Gasteiger partial charge on any atom is -0.493 e. The zero-order chi connectivity index (χ0) is 16.4. The Morgan fingerprint density at radius 1 is 1.35 bits per heavy atom. The Balaban J connectivity index is 2.01. The molecule has 0 spiro atoms. The van der Waals surface area contributed by atoms with Gasteiger partial charge in [0.25, 0.3) is 0 Å². The van der Waals surface area contributed by atoms with Crippen LogP contribution in [0.2, 0.25) is 0 Å². The summed E-state index contributed by atoms with van der Waals surface area (Å²) in [6.07, 6.45) is 1.88. The Morgan fingerprint density at radius 3 is 2.83 bits per heavy atom. The van der Waals surface area contributed by atoms with Gasteiger partial charge in [0, 0.05) is 22.6 Å². The van der Waals surface area contributed by atoms with E-state index >= 15 is 0 Å². The zero-order valence-electron chi connectivity index (χ0n) is 13.7. The van der Waals surface area contributed by atoms with Crippen molar-refractivity contribution in [3.8, 4) is 11.5 Å². The van der Waals surface area contributed by atoms with Crippen molar-refractivity contribution in [2.24, 2.45) is 4.99 Å². The fraction of sp³-hybridized carbons (Fsp3) is 0.389. The van der Waals surface area contributed by atoms with Crippen LogP contribution in [0.1, 0.15) is 29.9 Å². The highest BCUT2D eigenvalue weighted by atomic mass is 32.1. The van der Waals surface area contributed by atoms with Gasteiger partial charge in [-0.2, -0.15) is 0 Å². The molecule has 0 fully saturated rings. The second kappa shape index (κ2) is 7.02. The highest BCUT2D eigenvalue weighted by Crippen LogP contribution is 2.36. The first-order valence-electron chi connectivity index (χ1n) is 7.79. The van der Waals surface area contributed by atoms with Gasteiger partial charge in [-0.1, -0.05) is 6.07 Å². The third-order valence-corrected chi connectivity index (χ3v) is 5.00. The van der Waals surface area contributed by atoms with Crippen LogP contribution in [-0.2, 0) is 12.8 Å². The van der Waals surface area contributed by atoms with Gasteiger partial charge in [-0.05, 0) is 49.4 Å². The molecular weight excluding hydrogens is 325 g/mol. The Hall–Kier alpha value is -1.38. The van der Waals surface area contributed by atoms with Crippen LogP contribution in [0, 0.1) is 0 Å². The van der Waals surface area contributed by atoms with E-state index < -0.39 is 0 Å². The summed E-state index contributed by atoms with van der Waals surface area (Å²) in [5, 5.41) is 2.11. The van der Waals surface area contributed by atoms with E-state index in [2.05, 4.69) is 38.9 Å². The van der Waals surface area contributed by atoms with Crippen molar-refractivity contribution in [1.82, 2.24) is 0 Å². The molecule has 0 saturated carbocycles. The predicted octanol–water partition coefficient (Wildman–Crippen LogP) is 4.33. The van der Waals surface area contributed by atoms with Crippen molar-refractivity contribution in [1.29, 1.82) is 0 Å². The van der Waals surface area contributed by atoms with E-state index in [1.807, 2.05) is 13.8 Å². The van der Waals surface area contributed by atoms with Gasteiger partial charge in [0.05, 0.1) is 19.0 Å². The highest BCUT2D eigenvalue weighted by Gasteiger charge is 2.22. The number of rotatable bonds is 5. The van der Waals surface area contributed by atoms with E-state index in [0.29, 0.717) is 0 Å². The molecule has 0 amide bonds. The van der Waals surface area contributed by atoms with Crippen molar-refractivity contribution in [3.63, 3.8) is 0 Å². The summed E-state index contributed by atoms with van der Waals surface area (Å²) in [6.45, 7) is 4.05. The van der Waals surface area contributed by atoms with Crippen molar-refractivity contribution in [3.05, 3.63) is 45.6 Å². The number of thiophene rings is 1. The van der Waals surface area contributed by atoms with Crippen LogP contribution in [0.3, 0.4) is 0 Å². The third-order valence-electron chi connectivity index (χ3n) is 3.74. The Kier molecular flexibility index (Phi) is 5.03. The number of ether oxygens (including phenoxy) is 2. The molecule has 5 heteroatoms. The summed E-state index contributed by atoms with van der Waals surface area (Å²) >= 11 is 1.77. The van der Waals surface area contributed by atoms with Crippen molar-refractivity contribution in [2.45, 2.75) is 38.6 Å². The largest absolute Gasteiger partial charge is 0.493 e. The minimum absolute atomic E-state index is 0.109. The average molecular weight is 347 g/mol. The number of benzene rings is 1. The van der Waals surface area contributed by atoms with Gasteiger partial charge in [-0.25, -0.2) is 0 Å². The molecule has 0 N–H and O–H groups in total. The van der Waals surface area contributed by atoms with Crippen LogP contribution in [0.15, 0.2) is 34.6 Å². The predicted molar refractivity (Wildman–Crippen MR) is 101 cm³/mol. The first-order valence-corrected chi connectivity index (χ1v) is 9.34. The van der Waals surface area contributed by atoms with Crippen LogP contribution < -0.4 is 9.47 Å². The molecule has 2 atom stereocenters. The molecule has 23 heavy (non-hydrogen) atoms. The first-order chi connectivity index (χ1) is 11.1. The summed E-state index contributed by atoms with van der Waals surface area (Å²) in [6, 6.07) is 8.45. The topological polar surface area (TPSA) is 30.8 Å².